The van der Waals surface area contributed by atoms with Crippen molar-refractivity contribution >= 4 is 76.6 Å². The molecular weight excluding hydrogens is 686 g/mol. The van der Waals surface area contributed by atoms with Gasteiger partial charge in [0.15, 0.2) is 5.78 Å². The predicted octanol–water partition coefficient (Wildman–Crippen LogP) is 2.92. The molecule has 4 amide bonds. The Balaban J connectivity index is 1.42. The van der Waals surface area contributed by atoms with Crippen LogP contribution < -0.4 is 27.1 Å². The van der Waals surface area contributed by atoms with Gasteiger partial charge in [-0.15, -0.1) is 23.4 Å². The lowest BCUT2D eigenvalue weighted by Gasteiger charge is -2.25. The molecule has 0 aliphatic carbocycles. The van der Waals surface area contributed by atoms with E-state index in [0.29, 0.717) is 18.0 Å². The van der Waals surface area contributed by atoms with Crippen molar-refractivity contribution in [3.05, 3.63) is 95.4 Å². The Kier molecular flexibility index (Phi) is 12.4. The molecule has 1 atom stereocenters. The van der Waals surface area contributed by atoms with E-state index in [1.807, 2.05) is 24.3 Å². The van der Waals surface area contributed by atoms with Crippen LogP contribution in [0.4, 0.5) is 11.4 Å². The van der Waals surface area contributed by atoms with Crippen LogP contribution >= 0.6 is 23.4 Å². The van der Waals surface area contributed by atoms with Crippen molar-refractivity contribution in [2.45, 2.75) is 11.3 Å². The number of oxime groups is 1. The summed E-state index contributed by atoms with van der Waals surface area (Å²) in [4.78, 5) is 64.8. The molecule has 1 aliphatic heterocycles. The van der Waals surface area contributed by atoms with Gasteiger partial charge in [-0.25, -0.2) is 0 Å². The van der Waals surface area contributed by atoms with Crippen LogP contribution in [0.1, 0.15) is 33.0 Å². The van der Waals surface area contributed by atoms with Crippen LogP contribution in [0.15, 0.2) is 88.5 Å². The van der Waals surface area contributed by atoms with E-state index in [-0.39, 0.29) is 52.9 Å². The molecule has 0 fully saturated rings. The van der Waals surface area contributed by atoms with Gasteiger partial charge in [0, 0.05) is 62.1 Å². The number of aromatic nitrogens is 2. The average Bonchev–Trinajstić information content (AvgIpc) is 3.76. The number of ketones is 1. The molecule has 0 saturated carbocycles. The zero-order valence-corrected chi connectivity index (χ0v) is 29.0. The van der Waals surface area contributed by atoms with E-state index in [4.69, 9.17) is 22.5 Å². The maximum atomic E-state index is 13.5. The van der Waals surface area contributed by atoms with Gasteiger partial charge in [0.25, 0.3) is 18.2 Å². The van der Waals surface area contributed by atoms with Crippen molar-refractivity contribution < 1.29 is 33.8 Å². The summed E-state index contributed by atoms with van der Waals surface area (Å²) in [7, 11) is 4.80. The maximum Gasteiger partial charge on any atom is 0.312 e. The number of nitrogens with zero attached hydrogens (tertiary/aromatic N) is 4. The number of rotatable bonds is 16. The van der Waals surface area contributed by atoms with Crippen LogP contribution in [-0.2, 0) is 28.5 Å². The molecule has 17 heteroatoms. The molecule has 2 aromatic heterocycles. The lowest BCUT2D eigenvalue weighted by Crippen LogP contribution is -2.50. The Morgan fingerprint density at radius 3 is 2.22 bits per heavy atom. The zero-order valence-electron chi connectivity index (χ0n) is 27.5. The number of alkyl halides is 1. The molecule has 3 heterocycles. The number of hydrogen-bond acceptors (Lipinski definition) is 8. The highest BCUT2D eigenvalue weighted by Gasteiger charge is 2.39. The smallest absolute Gasteiger partial charge is 0.312 e. The summed E-state index contributed by atoms with van der Waals surface area (Å²) < 4.78 is 2.58. The molecule has 0 spiro atoms. The SMILES string of the molecule is Cn1cc(NC(=O)c2cc(NC(=O)C3=CC(C(=O)C=Cc4ccc(SCCCl)cc4)=C[N+]3(C)NC=O)cn2C)cc1C(=O)NCCC(N)=NO. The minimum atomic E-state index is -0.613. The number of carbonyl (C=O) groups is 5. The summed E-state index contributed by atoms with van der Waals surface area (Å²) in [5.74, 6) is -0.595. The first-order chi connectivity index (χ1) is 23.9. The lowest BCUT2D eigenvalue weighted by molar-refractivity contribution is -0.849. The van der Waals surface area contributed by atoms with Crippen LogP contribution in [0.3, 0.4) is 0 Å². The number of amides is 4. The van der Waals surface area contributed by atoms with E-state index in [9.17, 15) is 24.0 Å². The summed E-state index contributed by atoms with van der Waals surface area (Å²) in [6.45, 7) is 0.148. The van der Waals surface area contributed by atoms with E-state index in [0.717, 1.165) is 16.2 Å². The largest absolute Gasteiger partial charge is 0.409 e. The second-order valence-electron chi connectivity index (χ2n) is 11.2. The number of halogens is 1. The van der Waals surface area contributed by atoms with Crippen LogP contribution in [-0.4, -0.2) is 79.9 Å². The monoisotopic (exact) mass is 722 g/mol. The molecule has 1 aliphatic rings. The van der Waals surface area contributed by atoms with Gasteiger partial charge in [0.2, 0.25) is 5.70 Å². The summed E-state index contributed by atoms with van der Waals surface area (Å²) in [5, 5.41) is 19.6. The van der Waals surface area contributed by atoms with E-state index < -0.39 is 22.3 Å². The number of carbonyl (C=O) groups excluding carboxylic acids is 5. The highest BCUT2D eigenvalue weighted by Crippen LogP contribution is 2.27. The van der Waals surface area contributed by atoms with Crippen LogP contribution in [0.5, 0.6) is 0 Å². The number of amidine groups is 1. The van der Waals surface area contributed by atoms with Crippen LogP contribution in [0.2, 0.25) is 0 Å². The number of nitrogens with one attached hydrogen (secondary N) is 4. The maximum absolute atomic E-state index is 13.5. The molecule has 50 heavy (non-hydrogen) atoms. The van der Waals surface area contributed by atoms with Gasteiger partial charge < -0.3 is 36.0 Å². The van der Waals surface area contributed by atoms with Crippen molar-refractivity contribution in [3.8, 4) is 0 Å². The molecule has 0 radical (unpaired) electrons. The molecule has 0 bridgehead atoms. The number of anilines is 2. The minimum Gasteiger partial charge on any atom is -0.409 e. The Hall–Kier alpha value is -5.58. The van der Waals surface area contributed by atoms with Gasteiger partial charge in [-0.1, -0.05) is 23.4 Å². The number of aryl methyl sites for hydroxylation is 2. The normalized spacial score (nSPS) is 15.7. The van der Waals surface area contributed by atoms with Crippen LogP contribution in [0.25, 0.3) is 6.08 Å². The zero-order chi connectivity index (χ0) is 36.4. The third-order valence-electron chi connectivity index (χ3n) is 7.47. The first kappa shape index (κ1) is 37.2. The molecule has 1 aromatic carbocycles. The number of thioether (sulfide) groups is 1. The van der Waals surface area contributed by atoms with E-state index in [2.05, 4.69) is 26.5 Å². The summed E-state index contributed by atoms with van der Waals surface area (Å²) in [6.07, 6.45) is 9.60. The standard InChI is InChI=1S/C33H36ClN9O6S/c1-41-17-23(15-26(41)31(46)36-12-10-30(35)40-49)38-32(47)27-16-24(18-42(27)2)39-33(48)28-14-22(19-43(28,3)37-20-44)29(45)9-6-21-4-7-25(8-5-21)50-13-11-34/h4-9,14-20H,10-13H2,1-3H3,(H6-,35,36,37,38,39,40,44,46,47,48,49)/p+1. The molecule has 3 aromatic rings. The van der Waals surface area contributed by atoms with Crippen molar-refractivity contribution in [2.24, 2.45) is 25.0 Å². The first-order valence-corrected chi connectivity index (χ1v) is 16.6. The van der Waals surface area contributed by atoms with Gasteiger partial charge in [0.05, 0.1) is 16.9 Å². The number of benzene rings is 1. The summed E-state index contributed by atoms with van der Waals surface area (Å²) >= 11 is 7.38. The highest BCUT2D eigenvalue weighted by atomic mass is 35.5. The number of hydrogen-bond donors (Lipinski definition) is 6. The predicted molar refractivity (Wildman–Crippen MR) is 191 cm³/mol. The number of likely N-dealkylation sites (N-methyl/N-ethyl adjacent to an activating group) is 1. The summed E-state index contributed by atoms with van der Waals surface area (Å²) in [6, 6.07) is 10.6. The fourth-order valence-electron chi connectivity index (χ4n) is 4.95. The molecular formula is C33H37ClN9O6S+. The van der Waals surface area contributed by atoms with Crippen LogP contribution in [0, 0.1) is 0 Å². The van der Waals surface area contributed by atoms with Gasteiger partial charge in [0.1, 0.15) is 30.5 Å². The third-order valence-corrected chi connectivity index (χ3v) is 8.89. The van der Waals surface area contributed by atoms with Gasteiger partial charge in [-0.2, -0.15) is 10.0 Å². The fourth-order valence-corrected chi connectivity index (χ4v) is 5.82. The van der Waals surface area contributed by atoms with Crippen molar-refractivity contribution in [3.63, 3.8) is 0 Å². The highest BCUT2D eigenvalue weighted by molar-refractivity contribution is 7.99. The van der Waals surface area contributed by atoms with Gasteiger partial charge in [-0.3, -0.25) is 24.0 Å². The second kappa shape index (κ2) is 16.7. The Bertz CT molecular complexity index is 1910. The van der Waals surface area contributed by atoms with Gasteiger partial charge >= 0.3 is 5.91 Å². The van der Waals surface area contributed by atoms with Crippen molar-refractivity contribution in [1.82, 2.24) is 19.9 Å². The molecule has 1 unspecified atom stereocenters. The fraction of sp³-hybridized carbons (Fsp3) is 0.212. The molecule has 15 nitrogen and oxygen atoms in total. The van der Waals surface area contributed by atoms with Crippen molar-refractivity contribution in [1.29, 1.82) is 0 Å². The molecule has 262 valence electrons. The van der Waals surface area contributed by atoms with E-state index >= 15 is 0 Å². The number of quaternary nitrogens is 1. The Labute approximate surface area is 297 Å². The van der Waals surface area contributed by atoms with E-state index in [1.54, 1.807) is 38.1 Å². The molecule has 4 rings (SSSR count). The summed E-state index contributed by atoms with van der Waals surface area (Å²) in [5.41, 5.74) is 10.2. The Morgan fingerprint density at radius 2 is 1.62 bits per heavy atom. The van der Waals surface area contributed by atoms with Gasteiger partial charge in [-0.05, 0) is 35.9 Å². The minimum absolute atomic E-state index is 0.0231. The first-order valence-electron chi connectivity index (χ1n) is 15.1. The average molecular weight is 723 g/mol. The number of nitrogens with two attached hydrogens (primary N) is 1. The number of allylic oxidation sites excluding steroid dienone is 3. The quantitative estimate of drug-likeness (QED) is 0.0149. The second-order valence-corrected chi connectivity index (χ2v) is 12.7. The van der Waals surface area contributed by atoms with E-state index in [1.165, 1.54) is 52.9 Å². The topological polar surface area (TPSA) is 202 Å². The Morgan fingerprint density at radius 1 is 1.00 bits per heavy atom. The van der Waals surface area contributed by atoms with Crippen molar-refractivity contribution in [2.75, 3.05) is 35.9 Å². The molecule has 0 saturated heterocycles. The molecule has 7 N–H and O–H groups in total. The third kappa shape index (κ3) is 9.31. The lowest BCUT2D eigenvalue weighted by atomic mass is 10.1.